The average Bonchev–Trinajstić information content (AvgIpc) is 2.97. The van der Waals surface area contributed by atoms with Crippen molar-refractivity contribution in [2.45, 2.75) is 27.2 Å². The zero-order valence-electron chi connectivity index (χ0n) is 12.5. The maximum Gasteiger partial charge on any atom is 0.196 e. The van der Waals surface area contributed by atoms with Crippen molar-refractivity contribution in [2.75, 3.05) is 12.3 Å². The van der Waals surface area contributed by atoms with Gasteiger partial charge in [0.05, 0.1) is 18.0 Å². The molecule has 0 saturated heterocycles. The number of imidazole rings is 1. The van der Waals surface area contributed by atoms with E-state index in [4.69, 9.17) is 10.5 Å². The first-order chi connectivity index (χ1) is 10.2. The molecule has 0 spiro atoms. The van der Waals surface area contributed by atoms with Gasteiger partial charge in [0, 0.05) is 10.4 Å². The Morgan fingerprint density at radius 3 is 2.57 bits per heavy atom. The van der Waals surface area contributed by atoms with Gasteiger partial charge >= 0.3 is 0 Å². The molecule has 0 amide bonds. The summed E-state index contributed by atoms with van der Waals surface area (Å²) in [5.74, 6) is 1.62. The van der Waals surface area contributed by atoms with E-state index in [1.54, 1.807) is 11.3 Å². The largest absolute Gasteiger partial charge is 0.494 e. The van der Waals surface area contributed by atoms with Crippen LogP contribution in [-0.4, -0.2) is 16.0 Å². The van der Waals surface area contributed by atoms with Gasteiger partial charge in [-0.15, -0.1) is 11.3 Å². The van der Waals surface area contributed by atoms with E-state index in [2.05, 4.69) is 28.4 Å². The highest BCUT2D eigenvalue weighted by atomic mass is 32.1. The molecule has 2 heterocycles. The fourth-order valence-electron chi connectivity index (χ4n) is 2.49. The minimum Gasteiger partial charge on any atom is -0.494 e. The van der Waals surface area contributed by atoms with Crippen molar-refractivity contribution < 1.29 is 4.74 Å². The fourth-order valence-corrected chi connectivity index (χ4v) is 3.62. The molecule has 2 aromatic heterocycles. The van der Waals surface area contributed by atoms with E-state index in [-0.39, 0.29) is 0 Å². The number of ether oxygens (including phenoxy) is 1. The Kier molecular flexibility index (Phi) is 3.59. The van der Waals surface area contributed by atoms with Crippen LogP contribution in [0.25, 0.3) is 16.2 Å². The van der Waals surface area contributed by atoms with E-state index in [1.807, 2.05) is 26.0 Å². The van der Waals surface area contributed by atoms with Crippen LogP contribution >= 0.6 is 11.3 Å². The highest BCUT2D eigenvalue weighted by Crippen LogP contribution is 2.35. The van der Waals surface area contributed by atoms with E-state index in [1.165, 1.54) is 4.88 Å². The Hall–Kier alpha value is -2.01. The first-order valence-electron chi connectivity index (χ1n) is 7.15. The lowest BCUT2D eigenvalue weighted by molar-refractivity contribution is 0.340. The number of thiazole rings is 1. The van der Waals surface area contributed by atoms with Gasteiger partial charge in [0.1, 0.15) is 11.6 Å². The van der Waals surface area contributed by atoms with Crippen molar-refractivity contribution in [3.05, 3.63) is 34.8 Å². The Morgan fingerprint density at radius 1 is 1.24 bits per heavy atom. The van der Waals surface area contributed by atoms with Crippen molar-refractivity contribution in [3.8, 4) is 17.0 Å². The maximum absolute atomic E-state index is 6.20. The SMILES string of the molecule is CCOc1ccc(-c2c(CC)sc3nc(C)c(N)n23)cc1. The second kappa shape index (κ2) is 5.41. The van der Waals surface area contributed by atoms with E-state index in [0.29, 0.717) is 6.61 Å². The van der Waals surface area contributed by atoms with Gasteiger partial charge in [-0.3, -0.25) is 4.40 Å². The third-order valence-corrected chi connectivity index (χ3v) is 4.71. The van der Waals surface area contributed by atoms with Crippen molar-refractivity contribution >= 4 is 22.1 Å². The molecule has 110 valence electrons. The summed E-state index contributed by atoms with van der Waals surface area (Å²) in [5, 5.41) is 0. The lowest BCUT2D eigenvalue weighted by Crippen LogP contribution is -1.97. The van der Waals surface area contributed by atoms with E-state index < -0.39 is 0 Å². The molecular weight excluding hydrogens is 282 g/mol. The van der Waals surface area contributed by atoms with Crippen LogP contribution in [0.15, 0.2) is 24.3 Å². The number of aromatic nitrogens is 2. The van der Waals surface area contributed by atoms with Gasteiger partial charge in [-0.2, -0.15) is 0 Å². The number of anilines is 1. The minimum atomic E-state index is 0.677. The second-order valence-electron chi connectivity index (χ2n) is 4.89. The Balaban J connectivity index is 2.17. The lowest BCUT2D eigenvalue weighted by atomic mass is 10.1. The number of fused-ring (bicyclic) bond motifs is 1. The summed E-state index contributed by atoms with van der Waals surface area (Å²) < 4.78 is 7.57. The monoisotopic (exact) mass is 301 g/mol. The lowest BCUT2D eigenvalue weighted by Gasteiger charge is -2.07. The van der Waals surface area contributed by atoms with Gasteiger partial charge in [-0.05, 0) is 44.5 Å². The quantitative estimate of drug-likeness (QED) is 0.794. The zero-order valence-corrected chi connectivity index (χ0v) is 13.3. The molecule has 0 aliphatic heterocycles. The molecule has 0 radical (unpaired) electrons. The van der Waals surface area contributed by atoms with Crippen LogP contribution in [0.3, 0.4) is 0 Å². The Morgan fingerprint density at radius 2 is 1.95 bits per heavy atom. The molecular formula is C16H19N3OS. The van der Waals surface area contributed by atoms with Gasteiger partial charge in [-0.25, -0.2) is 4.98 Å². The molecule has 21 heavy (non-hydrogen) atoms. The predicted molar refractivity (Wildman–Crippen MR) is 88.2 cm³/mol. The van der Waals surface area contributed by atoms with E-state index in [9.17, 15) is 0 Å². The van der Waals surface area contributed by atoms with Gasteiger partial charge in [0.15, 0.2) is 4.96 Å². The summed E-state index contributed by atoms with van der Waals surface area (Å²) in [7, 11) is 0. The number of aryl methyl sites for hydroxylation is 2. The molecule has 0 fully saturated rings. The number of rotatable bonds is 4. The molecule has 3 rings (SSSR count). The van der Waals surface area contributed by atoms with Gasteiger partial charge < -0.3 is 10.5 Å². The molecule has 2 N–H and O–H groups in total. The third-order valence-electron chi connectivity index (χ3n) is 3.53. The van der Waals surface area contributed by atoms with E-state index >= 15 is 0 Å². The first kappa shape index (κ1) is 13.9. The van der Waals surface area contributed by atoms with Gasteiger partial charge in [0.2, 0.25) is 0 Å². The van der Waals surface area contributed by atoms with Crippen LogP contribution < -0.4 is 10.5 Å². The number of nitrogens with zero attached hydrogens (tertiary/aromatic N) is 2. The topological polar surface area (TPSA) is 52.5 Å². The van der Waals surface area contributed by atoms with Crippen LogP contribution in [0.2, 0.25) is 0 Å². The van der Waals surface area contributed by atoms with Crippen LogP contribution in [-0.2, 0) is 6.42 Å². The Labute approximate surface area is 128 Å². The summed E-state index contributed by atoms with van der Waals surface area (Å²) >= 11 is 1.71. The predicted octanol–water partition coefficient (Wildman–Crippen LogP) is 3.91. The van der Waals surface area contributed by atoms with Crippen molar-refractivity contribution in [2.24, 2.45) is 0 Å². The molecule has 1 aromatic carbocycles. The number of benzene rings is 1. The van der Waals surface area contributed by atoms with Crippen LogP contribution in [0, 0.1) is 6.92 Å². The molecule has 0 bridgehead atoms. The molecule has 0 aliphatic carbocycles. The molecule has 4 nitrogen and oxygen atoms in total. The highest BCUT2D eigenvalue weighted by molar-refractivity contribution is 7.17. The third kappa shape index (κ3) is 2.27. The summed E-state index contributed by atoms with van der Waals surface area (Å²) in [4.78, 5) is 6.81. The summed E-state index contributed by atoms with van der Waals surface area (Å²) in [6.45, 7) is 6.77. The highest BCUT2D eigenvalue weighted by Gasteiger charge is 2.17. The van der Waals surface area contributed by atoms with Crippen LogP contribution in [0.5, 0.6) is 5.75 Å². The minimum absolute atomic E-state index is 0.677. The number of hydrogen-bond acceptors (Lipinski definition) is 4. The zero-order chi connectivity index (χ0) is 15.0. The smallest absolute Gasteiger partial charge is 0.196 e. The van der Waals surface area contributed by atoms with Crippen LogP contribution in [0.1, 0.15) is 24.4 Å². The number of nitrogen functional groups attached to an aromatic ring is 1. The molecule has 0 saturated carbocycles. The van der Waals surface area contributed by atoms with Crippen LogP contribution in [0.4, 0.5) is 5.82 Å². The maximum atomic E-state index is 6.20. The molecule has 0 unspecified atom stereocenters. The average molecular weight is 301 g/mol. The summed E-state index contributed by atoms with van der Waals surface area (Å²) in [6, 6.07) is 8.17. The standard InChI is InChI=1S/C16H19N3OS/c1-4-13-14(11-6-8-12(9-7-11)20-5-2)19-15(17)10(3)18-16(19)21-13/h6-9H,4-5,17H2,1-3H3. The second-order valence-corrected chi connectivity index (χ2v) is 5.95. The van der Waals surface area contributed by atoms with Crippen molar-refractivity contribution in [1.82, 2.24) is 9.38 Å². The van der Waals surface area contributed by atoms with Crippen molar-refractivity contribution in [1.29, 1.82) is 0 Å². The molecule has 3 aromatic rings. The molecule has 5 heteroatoms. The molecule has 0 atom stereocenters. The normalized spacial score (nSPS) is 11.2. The molecule has 0 aliphatic rings. The Bertz CT molecular complexity index is 771. The van der Waals surface area contributed by atoms with Crippen molar-refractivity contribution in [3.63, 3.8) is 0 Å². The van der Waals surface area contributed by atoms with Gasteiger partial charge in [0.25, 0.3) is 0 Å². The fraction of sp³-hybridized carbons (Fsp3) is 0.312. The number of hydrogen-bond donors (Lipinski definition) is 1. The number of nitrogens with two attached hydrogens (primary N) is 1. The summed E-state index contributed by atoms with van der Waals surface area (Å²) in [5.41, 5.74) is 9.39. The van der Waals surface area contributed by atoms with Gasteiger partial charge in [-0.1, -0.05) is 6.92 Å². The first-order valence-corrected chi connectivity index (χ1v) is 7.96. The van der Waals surface area contributed by atoms with E-state index in [0.717, 1.165) is 39.9 Å². The summed E-state index contributed by atoms with van der Waals surface area (Å²) in [6.07, 6.45) is 0.967.